The Balaban J connectivity index is 2.63. The van der Waals surface area contributed by atoms with E-state index >= 15 is 0 Å². The molecule has 104 valence electrons. The zero-order valence-electron chi connectivity index (χ0n) is 10.1. The van der Waals surface area contributed by atoms with Crippen LogP contribution < -0.4 is 10.6 Å². The third-order valence-corrected chi connectivity index (χ3v) is 3.27. The second-order valence-electron chi connectivity index (χ2n) is 3.64. The summed E-state index contributed by atoms with van der Waals surface area (Å²) in [6, 6.07) is 1.66. The Labute approximate surface area is 112 Å². The first kappa shape index (κ1) is 15.1. The molecule has 1 heterocycles. The second kappa shape index (κ2) is 6.81. The predicted molar refractivity (Wildman–Crippen MR) is 68.0 cm³/mol. The van der Waals surface area contributed by atoms with E-state index in [1.54, 1.807) is 0 Å². The zero-order valence-corrected chi connectivity index (χ0v) is 10.9. The van der Waals surface area contributed by atoms with Crippen molar-refractivity contribution in [3.8, 4) is 0 Å². The highest BCUT2D eigenvalue weighted by Gasteiger charge is 2.23. The SMILES string of the molecule is CC(=O)NCCNC(C(=O)O)c1ccc([N+](=O)[O-])s1. The molecule has 0 aliphatic carbocycles. The summed E-state index contributed by atoms with van der Waals surface area (Å²) in [7, 11) is 0. The lowest BCUT2D eigenvalue weighted by Crippen LogP contribution is -2.35. The molecule has 0 aromatic carbocycles. The van der Waals surface area contributed by atoms with Crippen LogP contribution in [0.15, 0.2) is 12.1 Å². The van der Waals surface area contributed by atoms with E-state index in [0.717, 1.165) is 11.3 Å². The molecule has 1 amide bonds. The first-order valence-corrected chi connectivity index (χ1v) is 6.18. The average Bonchev–Trinajstić information content (AvgIpc) is 2.77. The van der Waals surface area contributed by atoms with E-state index in [-0.39, 0.29) is 24.0 Å². The largest absolute Gasteiger partial charge is 0.480 e. The third kappa shape index (κ3) is 4.64. The van der Waals surface area contributed by atoms with Crippen molar-refractivity contribution >= 4 is 28.2 Å². The van der Waals surface area contributed by atoms with E-state index in [1.807, 2.05) is 0 Å². The number of hydrogen-bond donors (Lipinski definition) is 3. The quantitative estimate of drug-likeness (QED) is 0.381. The van der Waals surface area contributed by atoms with Crippen molar-refractivity contribution in [2.24, 2.45) is 0 Å². The molecular formula is C10H13N3O5S. The number of nitrogens with zero attached hydrogens (tertiary/aromatic N) is 1. The summed E-state index contributed by atoms with van der Waals surface area (Å²) in [5, 5.41) is 24.7. The van der Waals surface area contributed by atoms with Crippen LogP contribution in [0.2, 0.25) is 0 Å². The molecule has 0 radical (unpaired) electrons. The van der Waals surface area contributed by atoms with E-state index in [9.17, 15) is 19.7 Å². The maximum atomic E-state index is 11.1. The summed E-state index contributed by atoms with van der Waals surface area (Å²) >= 11 is 0.812. The van der Waals surface area contributed by atoms with Crippen LogP contribution in [0.4, 0.5) is 5.00 Å². The monoisotopic (exact) mass is 287 g/mol. The minimum absolute atomic E-state index is 0.107. The van der Waals surface area contributed by atoms with E-state index in [2.05, 4.69) is 10.6 Å². The Kier molecular flexibility index (Phi) is 5.39. The maximum absolute atomic E-state index is 11.1. The Morgan fingerprint density at radius 1 is 1.47 bits per heavy atom. The molecule has 8 nitrogen and oxygen atoms in total. The topological polar surface area (TPSA) is 122 Å². The van der Waals surface area contributed by atoms with Crippen LogP contribution in [0.3, 0.4) is 0 Å². The number of nitro groups is 1. The van der Waals surface area contributed by atoms with Crippen molar-refractivity contribution in [1.82, 2.24) is 10.6 Å². The van der Waals surface area contributed by atoms with Gasteiger partial charge in [0.05, 0.1) is 4.92 Å². The Hall–Kier alpha value is -2.00. The van der Waals surface area contributed by atoms with Crippen LogP contribution in [0, 0.1) is 10.1 Å². The standard InChI is InChI=1S/C10H13N3O5S/c1-6(14)11-4-5-12-9(10(15)16)7-2-3-8(19-7)13(17)18/h2-3,9,12H,4-5H2,1H3,(H,11,14)(H,15,16). The fourth-order valence-corrected chi connectivity index (χ4v) is 2.25. The van der Waals surface area contributed by atoms with Crippen molar-refractivity contribution in [3.05, 3.63) is 27.1 Å². The summed E-state index contributed by atoms with van der Waals surface area (Å²) in [6.45, 7) is 1.89. The number of carbonyl (C=O) groups is 2. The number of carboxylic acid groups (broad SMARTS) is 1. The molecule has 0 saturated carbocycles. The highest BCUT2D eigenvalue weighted by Crippen LogP contribution is 2.28. The van der Waals surface area contributed by atoms with Gasteiger partial charge in [-0.1, -0.05) is 11.3 Å². The van der Waals surface area contributed by atoms with Crippen molar-refractivity contribution in [1.29, 1.82) is 0 Å². The fourth-order valence-electron chi connectivity index (χ4n) is 1.36. The summed E-state index contributed by atoms with van der Waals surface area (Å²) < 4.78 is 0. The number of thiophene rings is 1. The van der Waals surface area contributed by atoms with Crippen LogP contribution >= 0.6 is 11.3 Å². The Morgan fingerprint density at radius 3 is 2.63 bits per heavy atom. The average molecular weight is 287 g/mol. The molecule has 0 bridgehead atoms. The van der Waals surface area contributed by atoms with E-state index in [4.69, 9.17) is 5.11 Å². The number of hydrogen-bond acceptors (Lipinski definition) is 6. The first-order chi connectivity index (χ1) is 8.91. The lowest BCUT2D eigenvalue weighted by atomic mass is 10.2. The lowest BCUT2D eigenvalue weighted by Gasteiger charge is -2.12. The lowest BCUT2D eigenvalue weighted by molar-refractivity contribution is -0.380. The van der Waals surface area contributed by atoms with E-state index in [1.165, 1.54) is 19.1 Å². The van der Waals surface area contributed by atoms with Gasteiger partial charge in [0, 0.05) is 31.0 Å². The molecule has 0 spiro atoms. The fraction of sp³-hybridized carbons (Fsp3) is 0.400. The highest BCUT2D eigenvalue weighted by molar-refractivity contribution is 7.15. The molecule has 1 aromatic rings. The Bertz CT molecular complexity index is 487. The van der Waals surface area contributed by atoms with Crippen LogP contribution in [0.1, 0.15) is 17.8 Å². The van der Waals surface area contributed by atoms with Gasteiger partial charge >= 0.3 is 11.0 Å². The van der Waals surface area contributed by atoms with Crippen LogP contribution in [0.5, 0.6) is 0 Å². The van der Waals surface area contributed by atoms with Gasteiger partial charge in [0.2, 0.25) is 5.91 Å². The molecule has 1 unspecified atom stereocenters. The number of amides is 1. The van der Waals surface area contributed by atoms with Gasteiger partial charge in [-0.2, -0.15) is 0 Å². The molecule has 0 aliphatic heterocycles. The summed E-state index contributed by atoms with van der Waals surface area (Å²) in [6.07, 6.45) is 0. The smallest absolute Gasteiger partial charge is 0.326 e. The molecule has 1 rings (SSSR count). The molecule has 1 aromatic heterocycles. The van der Waals surface area contributed by atoms with Gasteiger partial charge in [0.1, 0.15) is 6.04 Å². The molecule has 19 heavy (non-hydrogen) atoms. The minimum Gasteiger partial charge on any atom is -0.480 e. The number of nitrogens with one attached hydrogen (secondary N) is 2. The van der Waals surface area contributed by atoms with E-state index in [0.29, 0.717) is 4.88 Å². The van der Waals surface area contributed by atoms with Crippen LogP contribution in [0.25, 0.3) is 0 Å². The van der Waals surface area contributed by atoms with Crippen molar-refractivity contribution in [3.63, 3.8) is 0 Å². The van der Waals surface area contributed by atoms with Gasteiger partial charge in [0.25, 0.3) is 0 Å². The Morgan fingerprint density at radius 2 is 2.16 bits per heavy atom. The van der Waals surface area contributed by atoms with Gasteiger partial charge in [0.15, 0.2) is 0 Å². The van der Waals surface area contributed by atoms with Crippen LogP contribution in [-0.2, 0) is 9.59 Å². The normalized spacial score (nSPS) is 11.8. The first-order valence-electron chi connectivity index (χ1n) is 5.36. The number of rotatable bonds is 7. The van der Waals surface area contributed by atoms with Gasteiger partial charge < -0.3 is 10.4 Å². The van der Waals surface area contributed by atoms with Crippen molar-refractivity contribution in [2.75, 3.05) is 13.1 Å². The molecule has 0 fully saturated rings. The molecule has 0 saturated heterocycles. The van der Waals surface area contributed by atoms with Crippen molar-refractivity contribution in [2.45, 2.75) is 13.0 Å². The zero-order chi connectivity index (χ0) is 14.4. The molecule has 3 N–H and O–H groups in total. The molecule has 0 aliphatic rings. The van der Waals surface area contributed by atoms with Gasteiger partial charge in [-0.05, 0) is 6.07 Å². The van der Waals surface area contributed by atoms with Crippen molar-refractivity contribution < 1.29 is 19.6 Å². The second-order valence-corrected chi connectivity index (χ2v) is 4.74. The van der Waals surface area contributed by atoms with Gasteiger partial charge in [-0.3, -0.25) is 25.0 Å². The van der Waals surface area contributed by atoms with Gasteiger partial charge in [-0.25, -0.2) is 0 Å². The highest BCUT2D eigenvalue weighted by atomic mass is 32.1. The maximum Gasteiger partial charge on any atom is 0.326 e. The summed E-state index contributed by atoms with van der Waals surface area (Å²) in [5.74, 6) is -1.33. The molecule has 1 atom stereocenters. The van der Waals surface area contributed by atoms with Gasteiger partial charge in [-0.15, -0.1) is 0 Å². The van der Waals surface area contributed by atoms with Crippen LogP contribution in [-0.4, -0.2) is 35.0 Å². The number of carboxylic acids is 1. The van der Waals surface area contributed by atoms with E-state index < -0.39 is 16.9 Å². The molecule has 9 heteroatoms. The predicted octanol–water partition coefficient (Wildman–Crippen LogP) is 0.508. The minimum atomic E-state index is -1.13. The summed E-state index contributed by atoms with van der Waals surface area (Å²) in [4.78, 5) is 32.1. The third-order valence-electron chi connectivity index (χ3n) is 2.17. The summed E-state index contributed by atoms with van der Waals surface area (Å²) in [5.41, 5.74) is 0. The number of aliphatic carboxylic acids is 1. The number of carbonyl (C=O) groups excluding carboxylic acids is 1. The molecular weight excluding hydrogens is 274 g/mol.